The van der Waals surface area contributed by atoms with Gasteiger partial charge in [0.05, 0.1) is 13.0 Å². The first kappa shape index (κ1) is 9.52. The van der Waals surface area contributed by atoms with Crippen molar-refractivity contribution in [1.82, 2.24) is 4.90 Å². The second kappa shape index (κ2) is 4.45. The van der Waals surface area contributed by atoms with Crippen molar-refractivity contribution < 1.29 is 9.53 Å². The van der Waals surface area contributed by atoms with Crippen LogP contribution in [0.2, 0.25) is 0 Å². The van der Waals surface area contributed by atoms with Crippen LogP contribution in [-0.2, 0) is 9.53 Å². The summed E-state index contributed by atoms with van der Waals surface area (Å²) >= 11 is 0. The Balaban J connectivity index is 2.06. The van der Waals surface area contributed by atoms with E-state index in [0.717, 1.165) is 19.6 Å². The monoisotopic (exact) mass is 171 g/mol. The summed E-state index contributed by atoms with van der Waals surface area (Å²) < 4.78 is 4.86. The third-order valence-corrected chi connectivity index (χ3v) is 2.24. The SMILES string of the molecule is CCOC(=O)CC1CN(CC)C1. The second-order valence-corrected chi connectivity index (χ2v) is 3.23. The highest BCUT2D eigenvalue weighted by Crippen LogP contribution is 2.18. The zero-order chi connectivity index (χ0) is 8.97. The van der Waals surface area contributed by atoms with Gasteiger partial charge >= 0.3 is 5.97 Å². The van der Waals surface area contributed by atoms with Crippen LogP contribution in [0.3, 0.4) is 0 Å². The first-order valence-corrected chi connectivity index (χ1v) is 4.64. The molecule has 1 rings (SSSR count). The van der Waals surface area contributed by atoms with Crippen LogP contribution in [0.4, 0.5) is 0 Å². The number of carbonyl (C=O) groups excluding carboxylic acids is 1. The van der Waals surface area contributed by atoms with Gasteiger partial charge in [-0.2, -0.15) is 0 Å². The lowest BCUT2D eigenvalue weighted by Gasteiger charge is -2.37. The molecule has 1 heterocycles. The molecular formula is C9H17NO2. The Morgan fingerprint density at radius 1 is 1.50 bits per heavy atom. The quantitative estimate of drug-likeness (QED) is 0.588. The van der Waals surface area contributed by atoms with Crippen molar-refractivity contribution in [3.05, 3.63) is 0 Å². The summed E-state index contributed by atoms with van der Waals surface area (Å²) in [5.74, 6) is 0.502. The van der Waals surface area contributed by atoms with E-state index in [9.17, 15) is 4.79 Å². The van der Waals surface area contributed by atoms with E-state index in [1.165, 1.54) is 0 Å². The highest BCUT2D eigenvalue weighted by molar-refractivity contribution is 5.69. The Morgan fingerprint density at radius 2 is 2.17 bits per heavy atom. The maximum atomic E-state index is 11.0. The minimum Gasteiger partial charge on any atom is -0.466 e. The summed E-state index contributed by atoms with van der Waals surface area (Å²) in [6.45, 7) is 7.71. The van der Waals surface area contributed by atoms with E-state index >= 15 is 0 Å². The first-order valence-electron chi connectivity index (χ1n) is 4.64. The molecule has 1 fully saturated rings. The van der Waals surface area contributed by atoms with Crippen molar-refractivity contribution in [2.75, 3.05) is 26.2 Å². The fourth-order valence-corrected chi connectivity index (χ4v) is 1.52. The standard InChI is InChI=1S/C9H17NO2/c1-3-10-6-8(7-10)5-9(11)12-4-2/h8H,3-7H2,1-2H3. The maximum Gasteiger partial charge on any atom is 0.306 e. The first-order chi connectivity index (χ1) is 5.76. The molecule has 0 N–H and O–H groups in total. The minimum atomic E-state index is -0.0433. The molecule has 0 aliphatic carbocycles. The number of hydrogen-bond donors (Lipinski definition) is 0. The van der Waals surface area contributed by atoms with E-state index < -0.39 is 0 Å². The summed E-state index contributed by atoms with van der Waals surface area (Å²) in [5, 5.41) is 0. The molecule has 1 saturated heterocycles. The molecule has 0 atom stereocenters. The molecule has 0 bridgehead atoms. The summed E-state index contributed by atoms with van der Waals surface area (Å²) in [6, 6.07) is 0. The van der Waals surface area contributed by atoms with Gasteiger partial charge in [0.25, 0.3) is 0 Å². The van der Waals surface area contributed by atoms with Gasteiger partial charge < -0.3 is 9.64 Å². The van der Waals surface area contributed by atoms with Crippen molar-refractivity contribution in [2.45, 2.75) is 20.3 Å². The highest BCUT2D eigenvalue weighted by atomic mass is 16.5. The summed E-state index contributed by atoms with van der Waals surface area (Å²) in [4.78, 5) is 13.3. The second-order valence-electron chi connectivity index (χ2n) is 3.23. The Hall–Kier alpha value is -0.570. The molecule has 0 amide bonds. The normalized spacial score (nSPS) is 18.8. The van der Waals surface area contributed by atoms with Crippen molar-refractivity contribution in [2.24, 2.45) is 5.92 Å². The van der Waals surface area contributed by atoms with E-state index in [2.05, 4.69) is 11.8 Å². The van der Waals surface area contributed by atoms with E-state index in [0.29, 0.717) is 18.9 Å². The van der Waals surface area contributed by atoms with Crippen LogP contribution >= 0.6 is 0 Å². The number of hydrogen-bond acceptors (Lipinski definition) is 3. The lowest BCUT2D eigenvalue weighted by Crippen LogP contribution is -2.47. The zero-order valence-electron chi connectivity index (χ0n) is 7.88. The predicted molar refractivity (Wildman–Crippen MR) is 46.9 cm³/mol. The Bertz CT molecular complexity index is 153. The summed E-state index contributed by atoms with van der Waals surface area (Å²) in [5.41, 5.74) is 0. The molecular weight excluding hydrogens is 154 g/mol. The zero-order valence-corrected chi connectivity index (χ0v) is 7.88. The van der Waals surface area contributed by atoms with Gasteiger partial charge in [-0.3, -0.25) is 4.79 Å². The molecule has 70 valence electrons. The Morgan fingerprint density at radius 3 is 2.67 bits per heavy atom. The summed E-state index contributed by atoms with van der Waals surface area (Å²) in [6.07, 6.45) is 0.602. The fraction of sp³-hybridized carbons (Fsp3) is 0.889. The smallest absolute Gasteiger partial charge is 0.306 e. The molecule has 1 aliphatic rings. The topological polar surface area (TPSA) is 29.5 Å². The molecule has 0 aromatic carbocycles. The maximum absolute atomic E-state index is 11.0. The van der Waals surface area contributed by atoms with Crippen LogP contribution in [0.1, 0.15) is 20.3 Å². The number of ether oxygens (including phenoxy) is 1. The molecule has 0 aromatic rings. The van der Waals surface area contributed by atoms with Crippen molar-refractivity contribution in [3.63, 3.8) is 0 Å². The molecule has 0 radical (unpaired) electrons. The van der Waals surface area contributed by atoms with Gasteiger partial charge in [0.1, 0.15) is 0 Å². The van der Waals surface area contributed by atoms with Gasteiger partial charge in [-0.05, 0) is 19.4 Å². The van der Waals surface area contributed by atoms with Crippen molar-refractivity contribution in [1.29, 1.82) is 0 Å². The average molecular weight is 171 g/mol. The molecule has 3 heteroatoms. The lowest BCUT2D eigenvalue weighted by atomic mass is 9.97. The van der Waals surface area contributed by atoms with E-state index in [-0.39, 0.29) is 5.97 Å². The highest BCUT2D eigenvalue weighted by Gasteiger charge is 2.27. The molecule has 0 unspecified atom stereocenters. The van der Waals surface area contributed by atoms with Crippen molar-refractivity contribution >= 4 is 5.97 Å². The molecule has 3 nitrogen and oxygen atoms in total. The van der Waals surface area contributed by atoms with Crippen LogP contribution < -0.4 is 0 Å². The van der Waals surface area contributed by atoms with Gasteiger partial charge in [-0.25, -0.2) is 0 Å². The number of carbonyl (C=O) groups is 1. The van der Waals surface area contributed by atoms with Crippen LogP contribution in [-0.4, -0.2) is 37.1 Å². The predicted octanol–water partition coefficient (Wildman–Crippen LogP) is 0.891. The third kappa shape index (κ3) is 2.48. The van der Waals surface area contributed by atoms with Crippen LogP contribution in [0.5, 0.6) is 0 Å². The van der Waals surface area contributed by atoms with Crippen LogP contribution in [0.25, 0.3) is 0 Å². The number of nitrogens with zero attached hydrogens (tertiary/aromatic N) is 1. The Labute approximate surface area is 73.7 Å². The number of rotatable bonds is 4. The Kier molecular flexibility index (Phi) is 3.53. The number of likely N-dealkylation sites (tertiary alicyclic amines) is 1. The van der Waals surface area contributed by atoms with E-state index in [1.807, 2.05) is 6.92 Å². The molecule has 1 aliphatic heterocycles. The molecule has 12 heavy (non-hydrogen) atoms. The molecule has 0 spiro atoms. The molecule has 0 saturated carbocycles. The number of esters is 1. The molecule has 0 aromatic heterocycles. The summed E-state index contributed by atoms with van der Waals surface area (Å²) in [7, 11) is 0. The fourth-order valence-electron chi connectivity index (χ4n) is 1.52. The third-order valence-electron chi connectivity index (χ3n) is 2.24. The van der Waals surface area contributed by atoms with Crippen molar-refractivity contribution in [3.8, 4) is 0 Å². The van der Waals surface area contributed by atoms with Gasteiger partial charge in [0.15, 0.2) is 0 Å². The van der Waals surface area contributed by atoms with Crippen LogP contribution in [0, 0.1) is 5.92 Å². The largest absolute Gasteiger partial charge is 0.466 e. The van der Waals surface area contributed by atoms with Gasteiger partial charge in [0.2, 0.25) is 0 Å². The lowest BCUT2D eigenvalue weighted by molar-refractivity contribution is -0.145. The van der Waals surface area contributed by atoms with E-state index in [1.54, 1.807) is 0 Å². The van der Waals surface area contributed by atoms with Gasteiger partial charge in [0, 0.05) is 13.1 Å². The van der Waals surface area contributed by atoms with E-state index in [4.69, 9.17) is 4.74 Å². The average Bonchev–Trinajstić information content (AvgIpc) is 1.96. The minimum absolute atomic E-state index is 0.0433. The van der Waals surface area contributed by atoms with Gasteiger partial charge in [-0.1, -0.05) is 6.92 Å². The van der Waals surface area contributed by atoms with Gasteiger partial charge in [-0.15, -0.1) is 0 Å². The van der Waals surface area contributed by atoms with Crippen LogP contribution in [0.15, 0.2) is 0 Å².